The molecule has 0 radical (unpaired) electrons. The number of halogens is 1. The molecule has 724 valence electrons. The molecule has 7 aromatic rings. The van der Waals surface area contributed by atoms with E-state index < -0.39 is 162 Å². The zero-order chi connectivity index (χ0) is 97.7. The first-order valence-electron chi connectivity index (χ1n) is 45.6. The Kier molecular flexibility index (Phi) is 43.0. The second kappa shape index (κ2) is 54.2. The number of fused-ring (bicyclic) bond motifs is 1. The Bertz CT molecular complexity index is 5050. The molecule has 2 saturated heterocycles. The van der Waals surface area contributed by atoms with Gasteiger partial charge in [-0.1, -0.05) is 260 Å². The van der Waals surface area contributed by atoms with Crippen molar-refractivity contribution in [3.05, 3.63) is 247 Å². The molecule has 0 aliphatic carbocycles. The minimum atomic E-state index is -1.63. The fraction of sp³-hybridized carbons (Fsp3) is 0.440. The molecule has 2 aliphatic rings. The zero-order valence-electron chi connectivity index (χ0n) is 77.8. The molecule has 2 aliphatic heterocycles. The fourth-order valence-electron chi connectivity index (χ4n) is 15.7. The van der Waals surface area contributed by atoms with Gasteiger partial charge >= 0.3 is 0 Å². The van der Waals surface area contributed by atoms with Crippen LogP contribution in [0.25, 0.3) is 5.32 Å². The van der Waals surface area contributed by atoms with E-state index in [1.165, 1.54) is 17.9 Å². The van der Waals surface area contributed by atoms with Crippen LogP contribution in [0.2, 0.25) is 0 Å². The van der Waals surface area contributed by atoms with Gasteiger partial charge in [0.2, 0.25) is 70.9 Å². The summed E-state index contributed by atoms with van der Waals surface area (Å²) < 4.78 is 11.3. The van der Waals surface area contributed by atoms with Crippen molar-refractivity contribution in [3.63, 3.8) is 0 Å². The first-order chi connectivity index (χ1) is 64.7. The molecule has 0 spiro atoms. The van der Waals surface area contributed by atoms with Gasteiger partial charge in [0.1, 0.15) is 78.6 Å². The van der Waals surface area contributed by atoms with E-state index in [0.717, 1.165) is 43.8 Å². The minimum absolute atomic E-state index is 0.0226. The van der Waals surface area contributed by atoms with Gasteiger partial charge in [-0.3, -0.25) is 57.5 Å². The highest BCUT2D eigenvalue weighted by molar-refractivity contribution is 14.1. The Morgan fingerprint density at radius 3 is 1.70 bits per heavy atom. The SMILES string of the molecule is CCC(C)[C@H](NC(=O)[C@H](Cc1ccc(C)cc1)NC(=O)[C@@H]1CSSC[C@H](NC(=O)[C@@H](CCC(C)=O)NC(=O)[C@H](Cc2ccc(C)cc2)NC(=O)COCCOCCN)C(=O)N2C[C@H](C)C[C@@H]2C(=O)N[C@@H](Cc2ccc(O)c(I)c2)C(=O)NCC(=O)N[C@@H](CC(C)C)C(=O)N1)C(=O)N[C@@H](CCC(=O)[N-]C(c1ccccc1)(c1ccccc1)c1ccccc1)C(=O)NCc1ccc(CNC)cc1. The minimum Gasteiger partial charge on any atom is -0.637 e. The molecule has 0 aromatic heterocycles. The quantitative estimate of drug-likeness (QED) is 0.00798. The van der Waals surface area contributed by atoms with Gasteiger partial charge in [0.05, 0.1) is 35.8 Å². The van der Waals surface area contributed by atoms with Crippen molar-refractivity contribution < 1.29 is 81.7 Å². The van der Waals surface area contributed by atoms with Crippen LogP contribution in [-0.2, 0) is 114 Å². The van der Waals surface area contributed by atoms with E-state index in [9.17, 15) is 38.7 Å². The van der Waals surface area contributed by atoms with E-state index >= 15 is 33.6 Å². The maximum atomic E-state index is 15.8. The van der Waals surface area contributed by atoms with Crippen LogP contribution in [0.1, 0.15) is 142 Å². The number of carbonyl (C=O) groups excluding carboxylic acids is 14. The largest absolute Gasteiger partial charge is 0.637 e. The highest BCUT2D eigenvalue weighted by Crippen LogP contribution is 2.44. The molecular formula is C100H127IN15O17S2-. The third kappa shape index (κ3) is 33.4. The molecule has 2 fully saturated rings. The van der Waals surface area contributed by atoms with Gasteiger partial charge in [-0.2, -0.15) is 0 Å². The number of amides is 13. The van der Waals surface area contributed by atoms with Crippen LogP contribution in [0.4, 0.5) is 0 Å². The van der Waals surface area contributed by atoms with Gasteiger partial charge in [0.25, 0.3) is 0 Å². The maximum absolute atomic E-state index is 15.8. The fourth-order valence-corrected chi connectivity index (χ4v) is 18.6. The number of ether oxygens (including phenoxy) is 2. The first-order valence-corrected chi connectivity index (χ1v) is 49.2. The smallest absolute Gasteiger partial charge is 0.246 e. The number of nitrogens with zero attached hydrogens (tertiary/aromatic N) is 2. The number of phenols is 1. The summed E-state index contributed by atoms with van der Waals surface area (Å²) in [6.07, 6.45) is -1.30. The van der Waals surface area contributed by atoms with Gasteiger partial charge in [-0.25, -0.2) is 0 Å². The summed E-state index contributed by atoms with van der Waals surface area (Å²) >= 11 is 1.91. The molecule has 0 bridgehead atoms. The summed E-state index contributed by atoms with van der Waals surface area (Å²) in [6, 6.07) is 39.9. The van der Waals surface area contributed by atoms with Crippen molar-refractivity contribution in [2.24, 2.45) is 23.5 Å². The molecule has 15 N–H and O–H groups in total. The third-order valence-electron chi connectivity index (χ3n) is 23.3. The van der Waals surface area contributed by atoms with Crippen LogP contribution in [0.5, 0.6) is 5.75 Å². The maximum Gasteiger partial charge on any atom is 0.246 e. The molecule has 2 heterocycles. The van der Waals surface area contributed by atoms with E-state index in [4.69, 9.17) is 20.5 Å². The lowest BCUT2D eigenvalue weighted by Gasteiger charge is -2.48. The average Bonchev–Trinajstić information content (AvgIpc) is 1.17. The second-order valence-corrected chi connectivity index (χ2v) is 38.4. The summed E-state index contributed by atoms with van der Waals surface area (Å²) in [5, 5.41) is 49.5. The van der Waals surface area contributed by atoms with Crippen LogP contribution in [-0.4, -0.2) is 218 Å². The number of rotatable bonds is 43. The number of hydrogen-bond acceptors (Lipinski definition) is 21. The Labute approximate surface area is 810 Å². The second-order valence-electron chi connectivity index (χ2n) is 34.7. The first kappa shape index (κ1) is 107. The number of phenolic OH excluding ortho intramolecular Hbond substituents is 1. The molecule has 32 nitrogen and oxygen atoms in total. The lowest BCUT2D eigenvalue weighted by molar-refractivity contribution is -0.142. The molecule has 35 heteroatoms. The average molecular weight is 2000 g/mol. The molecule has 135 heavy (non-hydrogen) atoms. The molecule has 7 aromatic carbocycles. The standard InChI is InChI=1S/C100H128IN15O17S2/c1-10-65(7)89(98(130)109-76(90(122)104-55-70-37-35-69(36-38-70)54-103-9)41-43-86(119)115-100(72-20-14-11-15-21-72,73-22-16-12-17-23-73)74-24-18-13-19-25-74)114-95(127)81(52-68-33-28-63(5)29-34-68)110-96(128)82-59-134-135-60-83(113-92(124)77(40-30-66(8)117)108-94(126)80(51-67-31-26-62(4)27-32-67)107-88(121)58-133-47-46-132-45-44-102)99(131)116-57-64(6)49-84(116)97(129)111-79(53-71-39-42-85(118)75(101)50-71)91(123)105-56-87(120)106-78(48-61(2)3)93(125)112-82/h11-29,31-39,42,50,61,64-65,76-84,89,103H,10,30,40-41,43-49,51-60,102H2,1-9H3,(H13,104,105,106,107,108,109,110,111,112,113,114,115,118,119,120,121,122,123,124,125,126,127,128,129,130)/p-1/t64-,65?,76+,77-,78+,79+,80+,81+,82+,83+,84-,89+/m1/s1. The van der Waals surface area contributed by atoms with Crippen molar-refractivity contribution >= 4 is 127 Å². The van der Waals surface area contributed by atoms with Gasteiger partial charge in [-0.05, 0) is 146 Å². The molecule has 1 unspecified atom stereocenters. The summed E-state index contributed by atoms with van der Waals surface area (Å²) in [5.74, 6) is -13.0. The van der Waals surface area contributed by atoms with Crippen molar-refractivity contribution in [1.29, 1.82) is 0 Å². The zero-order valence-corrected chi connectivity index (χ0v) is 81.6. The van der Waals surface area contributed by atoms with Gasteiger partial charge in [0, 0.05) is 63.4 Å². The predicted octanol–water partition coefficient (Wildman–Crippen LogP) is 6.91. The number of nitrogens with one attached hydrogen (secondary N) is 12. The Balaban J connectivity index is 1.05. The molecule has 13 amide bonds. The van der Waals surface area contributed by atoms with E-state index in [1.807, 2.05) is 171 Å². The van der Waals surface area contributed by atoms with E-state index in [0.29, 0.717) is 43.5 Å². The van der Waals surface area contributed by atoms with Crippen LogP contribution >= 0.6 is 44.2 Å². The molecule has 0 saturated carbocycles. The summed E-state index contributed by atoms with van der Waals surface area (Å²) in [6.45, 7) is 14.0. The van der Waals surface area contributed by atoms with E-state index in [2.05, 4.69) is 63.8 Å². The Morgan fingerprint density at radius 2 is 1.13 bits per heavy atom. The number of hydrogen-bond donors (Lipinski definition) is 14. The number of carbonyl (C=O) groups is 14. The number of Topliss-reactive ketones (excluding diaryl/α,β-unsaturated/α-hetero) is 1. The monoisotopic (exact) mass is 2000 g/mol. The van der Waals surface area contributed by atoms with Crippen molar-refractivity contribution in [3.8, 4) is 5.75 Å². The third-order valence-corrected chi connectivity index (χ3v) is 26.6. The van der Waals surface area contributed by atoms with Gasteiger partial charge < -0.3 is 104 Å². The Hall–Kier alpha value is -11.6. The topological polar surface area (TPSA) is 465 Å². The van der Waals surface area contributed by atoms with Crippen LogP contribution in [0, 0.1) is 35.2 Å². The highest BCUT2D eigenvalue weighted by atomic mass is 127. The molecule has 12 atom stereocenters. The summed E-state index contributed by atoms with van der Waals surface area (Å²) in [4.78, 5) is 210. The van der Waals surface area contributed by atoms with Crippen molar-refractivity contribution in [2.75, 3.05) is 64.6 Å². The molecular weight excluding hydrogens is 1870 g/mol. The lowest BCUT2D eigenvalue weighted by Crippen LogP contribution is -2.61. The number of aromatic hydroxyl groups is 1. The summed E-state index contributed by atoms with van der Waals surface area (Å²) in [5.41, 5.74) is 11.4. The lowest BCUT2D eigenvalue weighted by atomic mass is 9.77. The number of benzene rings is 7. The number of aryl methyl sites for hydroxylation is 2. The number of ketones is 1. The highest BCUT2D eigenvalue weighted by Gasteiger charge is 2.44. The van der Waals surface area contributed by atoms with Gasteiger partial charge in [-0.15, -0.1) is 0 Å². The van der Waals surface area contributed by atoms with Crippen LogP contribution in [0.3, 0.4) is 0 Å². The van der Waals surface area contributed by atoms with Crippen LogP contribution in [0.15, 0.2) is 182 Å². The normalized spacial score (nSPS) is 18.3. The van der Waals surface area contributed by atoms with Crippen molar-refractivity contribution in [1.82, 2.24) is 68.7 Å². The molecule has 9 rings (SSSR count). The summed E-state index contributed by atoms with van der Waals surface area (Å²) in [7, 11) is 3.73. The van der Waals surface area contributed by atoms with Gasteiger partial charge in [0.15, 0.2) is 0 Å². The predicted molar refractivity (Wildman–Crippen MR) is 526 cm³/mol. The Morgan fingerprint density at radius 1 is 0.593 bits per heavy atom. The van der Waals surface area contributed by atoms with Crippen molar-refractivity contribution in [2.45, 2.75) is 199 Å². The van der Waals surface area contributed by atoms with Crippen LogP contribution < -0.4 is 69.5 Å². The van der Waals surface area contributed by atoms with E-state index in [1.54, 1.807) is 83.1 Å². The number of nitrogens with two attached hydrogens (primary N) is 1. The van der Waals surface area contributed by atoms with E-state index in [-0.39, 0.29) is 139 Å².